The highest BCUT2D eigenvalue weighted by molar-refractivity contribution is 7.86. The largest absolute Gasteiger partial charge is 0.872 e. The van der Waals surface area contributed by atoms with Gasteiger partial charge in [0.2, 0.25) is 5.36 Å². The van der Waals surface area contributed by atoms with Crippen LogP contribution in [-0.4, -0.2) is 57.0 Å². The summed E-state index contributed by atoms with van der Waals surface area (Å²) in [6.07, 6.45) is 6.25. The molecule has 0 spiro atoms. The highest BCUT2D eigenvalue weighted by Gasteiger charge is 2.43. The van der Waals surface area contributed by atoms with Gasteiger partial charge in [0, 0.05) is 63.7 Å². The molecule has 3 aromatic carbocycles. The van der Waals surface area contributed by atoms with Crippen LogP contribution in [0.2, 0.25) is 0 Å². The van der Waals surface area contributed by atoms with E-state index in [1.54, 1.807) is 30.4 Å². The quantitative estimate of drug-likeness (QED) is 0.0708. The molecule has 0 N–H and O–H groups in total. The van der Waals surface area contributed by atoms with Crippen LogP contribution in [0.1, 0.15) is 102 Å². The summed E-state index contributed by atoms with van der Waals surface area (Å²) >= 11 is 0. The number of anilines is 1. The summed E-state index contributed by atoms with van der Waals surface area (Å²) in [5.41, 5.74) is 2.71. The van der Waals surface area contributed by atoms with Crippen LogP contribution in [0.15, 0.2) is 123 Å². The van der Waals surface area contributed by atoms with Gasteiger partial charge in [-0.1, -0.05) is 84.0 Å². The van der Waals surface area contributed by atoms with Crippen molar-refractivity contribution in [3.63, 3.8) is 0 Å². The first-order valence-corrected chi connectivity index (χ1v) is 26.1. The summed E-state index contributed by atoms with van der Waals surface area (Å²) < 4.78 is 116. The van der Waals surface area contributed by atoms with Crippen LogP contribution >= 0.6 is 0 Å². The Labute approximate surface area is 393 Å². The molecule has 0 saturated heterocycles. The SMILES string of the molecule is CC(C)(C)C(=O)CCCC1(C)/C(=C\C=C\c2cc(C(C)(C)C)c3ccc(=[N+](Cc4cccc([O-])c4)Cc4cccc(S(=O)(=O)[O-])c4)cc-3o2)N(CCCS(=O)(=O)[O-])c2ccc(S(=O)(=O)[O-])cc21. The summed E-state index contributed by atoms with van der Waals surface area (Å²) in [6.45, 7) is 14.0. The van der Waals surface area contributed by atoms with Gasteiger partial charge >= 0.3 is 0 Å². The van der Waals surface area contributed by atoms with Crippen molar-refractivity contribution < 1.29 is 53.2 Å². The molecule has 0 aromatic heterocycles. The number of Topliss-reactive ketones (excluding diaryl/α,β-unsaturated/α-hetero) is 1. The van der Waals surface area contributed by atoms with Gasteiger partial charge in [-0.25, -0.2) is 29.8 Å². The van der Waals surface area contributed by atoms with Gasteiger partial charge < -0.3 is 28.1 Å². The number of carbonyl (C=O) groups excluding carboxylic acids is 1. The topological polar surface area (TPSA) is 231 Å². The van der Waals surface area contributed by atoms with Gasteiger partial charge in [0.15, 0.2) is 13.1 Å². The van der Waals surface area contributed by atoms with Crippen LogP contribution in [0.5, 0.6) is 5.75 Å². The third-order valence-corrected chi connectivity index (χ3v) is 14.4. The lowest BCUT2D eigenvalue weighted by Crippen LogP contribution is -2.30. The van der Waals surface area contributed by atoms with Crippen molar-refractivity contribution in [2.75, 3.05) is 17.2 Å². The fourth-order valence-electron chi connectivity index (χ4n) is 8.52. The van der Waals surface area contributed by atoms with Crippen molar-refractivity contribution in [1.29, 1.82) is 0 Å². The fourth-order valence-corrected chi connectivity index (χ4v) is 10.0. The van der Waals surface area contributed by atoms with E-state index in [1.807, 2.05) is 67.5 Å². The van der Waals surface area contributed by atoms with Crippen LogP contribution < -0.4 is 19.9 Å². The van der Waals surface area contributed by atoms with Crippen LogP contribution in [-0.2, 0) is 59.1 Å². The summed E-state index contributed by atoms with van der Waals surface area (Å²) in [7, 11) is -14.2. The maximum absolute atomic E-state index is 13.1. The van der Waals surface area contributed by atoms with Gasteiger partial charge in [-0.3, -0.25) is 4.79 Å². The van der Waals surface area contributed by atoms with Gasteiger partial charge in [0.25, 0.3) is 0 Å². The molecular formula is C50H55N2O12S3-3. The lowest BCUT2D eigenvalue weighted by Gasteiger charge is -2.31. The normalized spacial score (nSPS) is 17.1. The molecule has 17 heteroatoms. The Morgan fingerprint density at radius 1 is 0.776 bits per heavy atom. The Morgan fingerprint density at radius 2 is 1.42 bits per heavy atom. The van der Waals surface area contributed by atoms with Crippen molar-refractivity contribution in [2.45, 2.75) is 108 Å². The van der Waals surface area contributed by atoms with E-state index in [9.17, 15) is 48.8 Å². The third-order valence-electron chi connectivity index (χ3n) is 12.0. The summed E-state index contributed by atoms with van der Waals surface area (Å²) in [4.78, 5) is 14.1. The maximum atomic E-state index is 13.1. The molecule has 358 valence electrons. The van der Waals surface area contributed by atoms with Gasteiger partial charge in [0.1, 0.15) is 37.5 Å². The zero-order valence-electron chi connectivity index (χ0n) is 38.6. The Bertz CT molecular complexity index is 3140. The van der Waals surface area contributed by atoms with Gasteiger partial charge in [-0.2, -0.15) is 0 Å². The predicted octanol–water partition coefficient (Wildman–Crippen LogP) is 7.13. The molecule has 0 bridgehead atoms. The van der Waals surface area contributed by atoms with Crippen LogP contribution in [0.25, 0.3) is 17.4 Å². The first-order chi connectivity index (χ1) is 31.0. The second kappa shape index (κ2) is 19.3. The van der Waals surface area contributed by atoms with E-state index in [0.717, 1.165) is 11.1 Å². The van der Waals surface area contributed by atoms with E-state index in [4.69, 9.17) is 4.42 Å². The molecule has 0 radical (unpaired) electrons. The molecular weight excluding hydrogens is 917 g/mol. The number of hydrogen-bond donors (Lipinski definition) is 0. The summed E-state index contributed by atoms with van der Waals surface area (Å²) in [6, 6.07) is 23.9. The number of rotatable bonds is 16. The highest BCUT2D eigenvalue weighted by Crippen LogP contribution is 2.51. The number of benzene rings is 4. The van der Waals surface area contributed by atoms with E-state index < -0.39 is 51.8 Å². The number of fused-ring (bicyclic) bond motifs is 2. The van der Waals surface area contributed by atoms with Crippen molar-refractivity contribution in [1.82, 2.24) is 4.58 Å². The second-order valence-electron chi connectivity index (χ2n) is 19.3. The number of allylic oxidation sites excluding steroid dienone is 3. The molecule has 0 saturated carbocycles. The second-order valence-corrected chi connectivity index (χ2v) is 23.6. The number of nitrogens with zero attached hydrogens (tertiary/aromatic N) is 2. The van der Waals surface area contributed by atoms with Crippen molar-refractivity contribution >= 4 is 47.9 Å². The average molecular weight is 972 g/mol. The highest BCUT2D eigenvalue weighted by atomic mass is 32.2. The van der Waals surface area contributed by atoms with E-state index >= 15 is 0 Å². The minimum absolute atomic E-state index is 0.0348. The Balaban J connectivity index is 1.50. The van der Waals surface area contributed by atoms with Crippen LogP contribution in [0, 0.1) is 5.41 Å². The van der Waals surface area contributed by atoms with Gasteiger partial charge in [-0.15, -0.1) is 5.75 Å². The van der Waals surface area contributed by atoms with Crippen LogP contribution in [0.4, 0.5) is 5.69 Å². The Morgan fingerprint density at radius 3 is 2.03 bits per heavy atom. The molecule has 1 unspecified atom stereocenters. The molecule has 1 atom stereocenters. The van der Waals surface area contributed by atoms with Gasteiger partial charge in [-0.05, 0) is 97.3 Å². The molecule has 2 heterocycles. The molecule has 0 fully saturated rings. The number of carbonyl (C=O) groups is 1. The average Bonchev–Trinajstić information content (AvgIpc) is 3.44. The van der Waals surface area contributed by atoms with E-state index in [-0.39, 0.29) is 54.3 Å². The lowest BCUT2D eigenvalue weighted by atomic mass is 9.76. The lowest BCUT2D eigenvalue weighted by molar-refractivity contribution is -0.268. The van der Waals surface area contributed by atoms with Crippen LogP contribution in [0.3, 0.4) is 0 Å². The molecule has 1 aliphatic carbocycles. The van der Waals surface area contributed by atoms with Crippen molar-refractivity contribution in [3.8, 4) is 17.1 Å². The smallest absolute Gasteiger partial charge is 0.204 e. The molecule has 3 aromatic rings. The standard InChI is InChI=1S/C50H58N2O12S3/c1-48(2,3)42-30-38(64-45-29-36(20-22-41(42)45)51(32-34-13-8-15-37(53)27-34)33-35-14-9-17-39(28-35)66(58,59)60)16-10-18-46-50(7,24-11-19-47(54)49(4,5)6)43-31-40(67(61,62)63)21-23-44(43)52(46)25-12-26-65(55,56)57/h8-10,13-18,20-23,27-31H,11-12,19,24-26,32-33H2,1-7H3,(H3-,53,55,56,57,58,59,60,61,62,63)/p-3. The molecule has 2 aliphatic heterocycles. The first-order valence-electron chi connectivity index (χ1n) is 21.7. The predicted molar refractivity (Wildman–Crippen MR) is 251 cm³/mol. The van der Waals surface area contributed by atoms with Gasteiger partial charge in [0.05, 0.1) is 26.0 Å². The summed E-state index contributed by atoms with van der Waals surface area (Å²) in [5.74, 6) is 0.164. The van der Waals surface area contributed by atoms with Crippen molar-refractivity contribution in [3.05, 3.63) is 142 Å². The fraction of sp³-hybridized carbons (Fsp3) is 0.360. The number of ketones is 1. The molecule has 0 amide bonds. The summed E-state index contributed by atoms with van der Waals surface area (Å²) in [5, 5.41) is 13.0. The zero-order valence-corrected chi connectivity index (χ0v) is 41.0. The molecule has 67 heavy (non-hydrogen) atoms. The number of hydrogen-bond acceptors (Lipinski definition) is 13. The molecule has 14 nitrogen and oxygen atoms in total. The monoisotopic (exact) mass is 971 g/mol. The van der Waals surface area contributed by atoms with E-state index in [1.165, 1.54) is 48.5 Å². The van der Waals surface area contributed by atoms with E-state index in [0.29, 0.717) is 57.8 Å². The Kier molecular flexibility index (Phi) is 14.7. The van der Waals surface area contributed by atoms with E-state index in [2.05, 4.69) is 20.8 Å². The Hall–Kier alpha value is -5.43. The maximum Gasteiger partial charge on any atom is 0.204 e. The zero-order chi connectivity index (χ0) is 49.3. The van der Waals surface area contributed by atoms with Crippen molar-refractivity contribution in [2.24, 2.45) is 5.41 Å². The first kappa shape index (κ1) is 51.0. The minimum Gasteiger partial charge on any atom is -0.872 e. The minimum atomic E-state index is -4.87. The molecule has 3 aliphatic rings. The molecule has 6 rings (SSSR count). The third kappa shape index (κ3) is 12.6.